The predicted octanol–water partition coefficient (Wildman–Crippen LogP) is 4.22. The molecule has 1 atom stereocenters. The molecule has 1 aliphatic heterocycles. The second kappa shape index (κ2) is 8.58. The van der Waals surface area contributed by atoms with Crippen LogP contribution >= 0.6 is 27.5 Å². The maximum Gasteiger partial charge on any atom is 0.296 e. The standard InChI is InChI=1S/C24H15BrClN3O5/c25-13-3-7-17-16(9-13)22(31)20-21(12-1-5-15(6-2-12)33-11-18(27)30)29(24(32)23(20)34-17)19-8-4-14(26)10-28-19/h1-10,21H,11H2,(H2,27,30). The summed E-state index contributed by atoms with van der Waals surface area (Å²) in [5.41, 5.74) is 5.95. The molecule has 2 aromatic heterocycles. The average molecular weight is 541 g/mol. The molecule has 0 fully saturated rings. The summed E-state index contributed by atoms with van der Waals surface area (Å²) < 4.78 is 12.0. The number of hydrogen-bond donors (Lipinski definition) is 1. The lowest BCUT2D eigenvalue weighted by atomic mass is 9.98. The van der Waals surface area contributed by atoms with E-state index in [1.807, 2.05) is 0 Å². The molecule has 1 unspecified atom stereocenters. The van der Waals surface area contributed by atoms with Crippen molar-refractivity contribution in [2.24, 2.45) is 5.73 Å². The number of carbonyl (C=O) groups is 2. The summed E-state index contributed by atoms with van der Waals surface area (Å²) in [6, 6.07) is 14.1. The fourth-order valence-electron chi connectivity index (χ4n) is 3.91. The Morgan fingerprint density at radius 2 is 1.91 bits per heavy atom. The first-order valence-corrected chi connectivity index (χ1v) is 11.2. The minimum Gasteiger partial charge on any atom is -0.484 e. The van der Waals surface area contributed by atoms with E-state index in [0.717, 1.165) is 0 Å². The lowest BCUT2D eigenvalue weighted by molar-refractivity contribution is -0.119. The number of amides is 2. The first kappa shape index (κ1) is 22.1. The van der Waals surface area contributed by atoms with E-state index in [0.29, 0.717) is 37.6 Å². The van der Waals surface area contributed by atoms with E-state index in [1.54, 1.807) is 54.6 Å². The Balaban J connectivity index is 1.69. The van der Waals surface area contributed by atoms with Crippen molar-refractivity contribution in [1.82, 2.24) is 4.98 Å². The van der Waals surface area contributed by atoms with Crippen LogP contribution in [0.1, 0.15) is 27.7 Å². The molecule has 0 bridgehead atoms. The number of benzene rings is 2. The zero-order valence-corrected chi connectivity index (χ0v) is 19.7. The van der Waals surface area contributed by atoms with Crippen molar-refractivity contribution in [3.05, 3.63) is 97.4 Å². The molecule has 0 aliphatic carbocycles. The SMILES string of the molecule is NC(=O)COc1ccc(C2c3c(oc4ccc(Br)cc4c3=O)C(=O)N2c2ccc(Cl)cn2)cc1. The number of anilines is 1. The van der Waals surface area contributed by atoms with Crippen molar-refractivity contribution in [2.45, 2.75) is 6.04 Å². The summed E-state index contributed by atoms with van der Waals surface area (Å²) in [7, 11) is 0. The number of halogens is 2. The van der Waals surface area contributed by atoms with Gasteiger partial charge >= 0.3 is 0 Å². The zero-order valence-electron chi connectivity index (χ0n) is 17.3. The lowest BCUT2D eigenvalue weighted by Crippen LogP contribution is -2.30. The number of carbonyl (C=O) groups excluding carboxylic acids is 2. The van der Waals surface area contributed by atoms with Crippen molar-refractivity contribution >= 4 is 56.1 Å². The van der Waals surface area contributed by atoms with Gasteiger partial charge in [-0.3, -0.25) is 19.3 Å². The number of aromatic nitrogens is 1. The molecule has 0 saturated heterocycles. The van der Waals surface area contributed by atoms with E-state index >= 15 is 0 Å². The van der Waals surface area contributed by atoms with Gasteiger partial charge in [-0.2, -0.15) is 0 Å². The molecule has 2 N–H and O–H groups in total. The number of primary amides is 1. The van der Waals surface area contributed by atoms with E-state index < -0.39 is 17.9 Å². The van der Waals surface area contributed by atoms with Gasteiger partial charge in [0.15, 0.2) is 12.0 Å². The van der Waals surface area contributed by atoms with Gasteiger partial charge in [-0.15, -0.1) is 0 Å². The molecule has 3 heterocycles. The summed E-state index contributed by atoms with van der Waals surface area (Å²) in [5.74, 6) is -0.418. The number of nitrogens with zero attached hydrogens (tertiary/aromatic N) is 2. The molecule has 0 spiro atoms. The highest BCUT2D eigenvalue weighted by Gasteiger charge is 2.44. The molecule has 0 saturated carbocycles. The minimum atomic E-state index is -0.805. The molecule has 34 heavy (non-hydrogen) atoms. The number of rotatable bonds is 5. The monoisotopic (exact) mass is 539 g/mol. The van der Waals surface area contributed by atoms with Gasteiger partial charge in [-0.25, -0.2) is 4.98 Å². The van der Waals surface area contributed by atoms with Gasteiger partial charge in [0.25, 0.3) is 11.8 Å². The van der Waals surface area contributed by atoms with Crippen LogP contribution in [0, 0.1) is 0 Å². The van der Waals surface area contributed by atoms with Crippen molar-refractivity contribution in [3.63, 3.8) is 0 Å². The van der Waals surface area contributed by atoms with Crippen LogP contribution in [0.2, 0.25) is 5.02 Å². The first-order valence-electron chi connectivity index (χ1n) is 10.1. The Hall–Kier alpha value is -3.69. The van der Waals surface area contributed by atoms with Gasteiger partial charge in [0.05, 0.1) is 22.0 Å². The predicted molar refractivity (Wildman–Crippen MR) is 129 cm³/mol. The summed E-state index contributed by atoms with van der Waals surface area (Å²) in [5, 5.41) is 0.753. The normalized spacial score (nSPS) is 14.9. The van der Waals surface area contributed by atoms with Gasteiger partial charge in [-0.1, -0.05) is 39.7 Å². The summed E-state index contributed by atoms with van der Waals surface area (Å²) in [4.78, 5) is 43.8. The number of ether oxygens (including phenoxy) is 1. The van der Waals surface area contributed by atoms with Crippen LogP contribution in [-0.2, 0) is 4.79 Å². The highest BCUT2D eigenvalue weighted by atomic mass is 79.9. The van der Waals surface area contributed by atoms with E-state index in [1.165, 1.54) is 11.1 Å². The van der Waals surface area contributed by atoms with Crippen molar-refractivity contribution in [1.29, 1.82) is 0 Å². The van der Waals surface area contributed by atoms with Crippen LogP contribution in [0.25, 0.3) is 11.0 Å². The molecule has 10 heteroatoms. The molecule has 2 amide bonds. The van der Waals surface area contributed by atoms with Gasteiger partial charge in [0, 0.05) is 10.7 Å². The molecule has 1 aliphatic rings. The fourth-order valence-corrected chi connectivity index (χ4v) is 4.38. The summed E-state index contributed by atoms with van der Waals surface area (Å²) in [6.07, 6.45) is 1.42. The van der Waals surface area contributed by atoms with Crippen molar-refractivity contribution < 1.29 is 18.7 Å². The first-order chi connectivity index (χ1) is 16.3. The third-order valence-corrected chi connectivity index (χ3v) is 6.08. The Kier molecular flexibility index (Phi) is 5.59. The number of nitrogens with two attached hydrogens (primary N) is 1. The summed E-state index contributed by atoms with van der Waals surface area (Å²) in [6.45, 7) is -0.268. The smallest absolute Gasteiger partial charge is 0.296 e. The van der Waals surface area contributed by atoms with Crippen LogP contribution < -0.4 is 20.8 Å². The third kappa shape index (κ3) is 3.82. The molecule has 8 nitrogen and oxygen atoms in total. The highest BCUT2D eigenvalue weighted by Crippen LogP contribution is 2.41. The van der Waals surface area contributed by atoms with Crippen LogP contribution in [0.15, 0.2) is 74.5 Å². The number of hydrogen-bond acceptors (Lipinski definition) is 6. The third-order valence-electron chi connectivity index (χ3n) is 5.37. The second-order valence-electron chi connectivity index (χ2n) is 7.55. The van der Waals surface area contributed by atoms with Crippen molar-refractivity contribution in [3.8, 4) is 5.75 Å². The topological polar surface area (TPSA) is 116 Å². The Morgan fingerprint density at radius 3 is 2.59 bits per heavy atom. The maximum absolute atomic E-state index is 13.6. The van der Waals surface area contributed by atoms with Crippen LogP contribution in [0.4, 0.5) is 5.82 Å². The number of fused-ring (bicyclic) bond motifs is 2. The summed E-state index contributed by atoms with van der Waals surface area (Å²) >= 11 is 9.37. The highest BCUT2D eigenvalue weighted by molar-refractivity contribution is 9.10. The Labute approximate surface area is 206 Å². The Morgan fingerprint density at radius 1 is 1.15 bits per heavy atom. The van der Waals surface area contributed by atoms with Gasteiger partial charge in [0.1, 0.15) is 17.2 Å². The van der Waals surface area contributed by atoms with E-state index in [2.05, 4.69) is 20.9 Å². The molecule has 4 aromatic rings. The lowest BCUT2D eigenvalue weighted by Gasteiger charge is -2.24. The Bertz CT molecular complexity index is 1500. The van der Waals surface area contributed by atoms with Gasteiger partial charge in [0.2, 0.25) is 5.76 Å². The molecule has 0 radical (unpaired) electrons. The van der Waals surface area contributed by atoms with Crippen LogP contribution in [0.5, 0.6) is 5.75 Å². The largest absolute Gasteiger partial charge is 0.484 e. The quantitative estimate of drug-likeness (QED) is 0.405. The van der Waals surface area contributed by atoms with E-state index in [-0.39, 0.29) is 23.4 Å². The average Bonchev–Trinajstić information content (AvgIpc) is 3.11. The minimum absolute atomic E-state index is 0.0457. The molecule has 2 aromatic carbocycles. The fraction of sp³-hybridized carbons (Fsp3) is 0.0833. The molecular weight excluding hydrogens is 526 g/mol. The van der Waals surface area contributed by atoms with E-state index in [4.69, 9.17) is 26.5 Å². The van der Waals surface area contributed by atoms with E-state index in [9.17, 15) is 14.4 Å². The second-order valence-corrected chi connectivity index (χ2v) is 8.90. The van der Waals surface area contributed by atoms with Crippen LogP contribution in [0.3, 0.4) is 0 Å². The van der Waals surface area contributed by atoms with Crippen LogP contribution in [-0.4, -0.2) is 23.4 Å². The van der Waals surface area contributed by atoms with Gasteiger partial charge in [-0.05, 0) is 48.0 Å². The molecule has 170 valence electrons. The number of pyridine rings is 1. The zero-order chi connectivity index (χ0) is 24.0. The molecule has 5 rings (SSSR count). The van der Waals surface area contributed by atoms with Crippen molar-refractivity contribution in [2.75, 3.05) is 11.5 Å². The van der Waals surface area contributed by atoms with Gasteiger partial charge < -0.3 is 14.9 Å². The molecular formula is C24H15BrClN3O5. The maximum atomic E-state index is 13.6.